The molecular formula is C20H26N2O3. The molecule has 134 valence electrons. The maximum Gasteiger partial charge on any atom is 0.272 e. The van der Waals surface area contributed by atoms with E-state index in [4.69, 9.17) is 4.74 Å². The summed E-state index contributed by atoms with van der Waals surface area (Å²) < 4.78 is 5.17. The molecule has 1 aliphatic heterocycles. The lowest BCUT2D eigenvalue weighted by Crippen LogP contribution is -2.27. The zero-order valence-electron chi connectivity index (χ0n) is 14.8. The van der Waals surface area contributed by atoms with Gasteiger partial charge in [0, 0.05) is 30.5 Å². The molecule has 0 aromatic rings. The van der Waals surface area contributed by atoms with E-state index in [1.54, 1.807) is 13.2 Å². The second kappa shape index (κ2) is 8.28. The number of carbonyl (C=O) groups is 2. The fourth-order valence-electron chi connectivity index (χ4n) is 3.69. The summed E-state index contributed by atoms with van der Waals surface area (Å²) in [6.07, 6.45) is 14.8. The molecule has 2 aliphatic carbocycles. The van der Waals surface area contributed by atoms with Crippen LogP contribution in [0, 0.1) is 11.8 Å². The molecule has 1 atom stereocenters. The number of hydrogen-bond donors (Lipinski definition) is 1. The number of dihydropyridines is 1. The highest BCUT2D eigenvalue weighted by atomic mass is 16.5. The normalized spacial score (nSPS) is 22.8. The number of fused-ring (bicyclic) bond motifs is 1. The third kappa shape index (κ3) is 4.68. The fraction of sp³-hybridized carbons (Fsp3) is 0.550. The molecule has 0 bridgehead atoms. The Morgan fingerprint density at radius 2 is 2.16 bits per heavy atom. The van der Waals surface area contributed by atoms with E-state index < -0.39 is 0 Å². The number of nitrogens with one attached hydrogen (secondary N) is 1. The van der Waals surface area contributed by atoms with Crippen LogP contribution in [0.3, 0.4) is 0 Å². The summed E-state index contributed by atoms with van der Waals surface area (Å²) in [6, 6.07) is 0. The Kier molecular flexibility index (Phi) is 5.84. The lowest BCUT2D eigenvalue weighted by molar-refractivity contribution is -0.121. The maximum absolute atomic E-state index is 12.2. The number of methoxy groups -OCH3 is 1. The number of nitrogens with zero attached hydrogens (tertiary/aromatic N) is 1. The Hall–Kier alpha value is -2.17. The third-order valence-corrected chi connectivity index (χ3v) is 5.19. The predicted molar refractivity (Wildman–Crippen MR) is 97.1 cm³/mol. The number of carbonyl (C=O) groups excluding carboxylic acids is 2. The first-order chi connectivity index (χ1) is 12.2. The molecule has 0 radical (unpaired) electrons. The summed E-state index contributed by atoms with van der Waals surface area (Å²) in [5.74, 6) is 1.32. The molecule has 0 aromatic carbocycles. The highest BCUT2D eigenvalue weighted by Crippen LogP contribution is 2.28. The molecule has 0 spiro atoms. The second-order valence-corrected chi connectivity index (χ2v) is 6.96. The van der Waals surface area contributed by atoms with Crippen LogP contribution in [0.25, 0.3) is 0 Å². The summed E-state index contributed by atoms with van der Waals surface area (Å²) in [5, 5.41) is 2.93. The van der Waals surface area contributed by atoms with E-state index in [9.17, 15) is 9.59 Å². The van der Waals surface area contributed by atoms with Gasteiger partial charge in [-0.1, -0.05) is 37.8 Å². The minimum absolute atomic E-state index is 0.0182. The van der Waals surface area contributed by atoms with E-state index in [1.165, 1.54) is 25.7 Å². The molecule has 5 nitrogen and oxygen atoms in total. The SMILES string of the molecule is COC1=CC2=NC(=O)C(CCNC(=O)CCC3CCCC3)=CC2C=C1. The third-order valence-electron chi connectivity index (χ3n) is 5.19. The van der Waals surface area contributed by atoms with E-state index in [0.29, 0.717) is 36.4 Å². The highest BCUT2D eigenvalue weighted by Gasteiger charge is 2.23. The topological polar surface area (TPSA) is 67.8 Å². The Balaban J connectivity index is 1.43. The summed E-state index contributed by atoms with van der Waals surface area (Å²) in [4.78, 5) is 28.3. The summed E-state index contributed by atoms with van der Waals surface area (Å²) in [5.41, 5.74) is 1.39. The van der Waals surface area contributed by atoms with Crippen LogP contribution in [0.4, 0.5) is 0 Å². The second-order valence-electron chi connectivity index (χ2n) is 6.96. The van der Waals surface area contributed by atoms with Crippen LogP contribution in [-0.4, -0.2) is 31.2 Å². The minimum Gasteiger partial charge on any atom is -0.497 e. The molecule has 0 aromatic heterocycles. The van der Waals surface area contributed by atoms with Crippen LogP contribution in [0.5, 0.6) is 0 Å². The van der Waals surface area contributed by atoms with Crippen molar-refractivity contribution in [3.63, 3.8) is 0 Å². The largest absolute Gasteiger partial charge is 0.497 e. The van der Waals surface area contributed by atoms with Gasteiger partial charge in [0.15, 0.2) is 0 Å². The fourth-order valence-corrected chi connectivity index (χ4v) is 3.69. The molecule has 1 saturated carbocycles. The van der Waals surface area contributed by atoms with Gasteiger partial charge in [0.1, 0.15) is 5.76 Å². The van der Waals surface area contributed by atoms with Gasteiger partial charge in [-0.15, -0.1) is 0 Å². The van der Waals surface area contributed by atoms with Gasteiger partial charge in [-0.2, -0.15) is 0 Å². The Morgan fingerprint density at radius 3 is 2.92 bits per heavy atom. The molecule has 5 heteroatoms. The quantitative estimate of drug-likeness (QED) is 0.773. The predicted octanol–water partition coefficient (Wildman–Crippen LogP) is 3.09. The van der Waals surface area contributed by atoms with E-state index in [2.05, 4.69) is 10.3 Å². The van der Waals surface area contributed by atoms with Crippen molar-refractivity contribution in [3.8, 4) is 0 Å². The first-order valence-corrected chi connectivity index (χ1v) is 9.20. The van der Waals surface area contributed by atoms with Crippen molar-refractivity contribution < 1.29 is 14.3 Å². The van der Waals surface area contributed by atoms with E-state index in [-0.39, 0.29) is 17.7 Å². The average molecular weight is 342 g/mol. The lowest BCUT2D eigenvalue weighted by Gasteiger charge is -2.20. The van der Waals surface area contributed by atoms with Crippen molar-refractivity contribution in [2.24, 2.45) is 16.8 Å². The molecule has 25 heavy (non-hydrogen) atoms. The molecule has 3 aliphatic rings. The number of aliphatic imine (C=N–C) groups is 1. The first kappa shape index (κ1) is 17.6. The van der Waals surface area contributed by atoms with E-state index in [1.807, 2.05) is 18.2 Å². The van der Waals surface area contributed by atoms with Crippen molar-refractivity contribution in [2.45, 2.75) is 44.9 Å². The van der Waals surface area contributed by atoms with Crippen LogP contribution < -0.4 is 5.32 Å². The zero-order valence-corrected chi connectivity index (χ0v) is 14.8. The monoisotopic (exact) mass is 342 g/mol. The van der Waals surface area contributed by atoms with E-state index >= 15 is 0 Å². The van der Waals surface area contributed by atoms with Crippen LogP contribution in [0.1, 0.15) is 44.9 Å². The van der Waals surface area contributed by atoms with Gasteiger partial charge >= 0.3 is 0 Å². The minimum atomic E-state index is -0.214. The molecule has 2 amide bonds. The molecular weight excluding hydrogens is 316 g/mol. The lowest BCUT2D eigenvalue weighted by atomic mass is 9.91. The Morgan fingerprint density at radius 1 is 1.36 bits per heavy atom. The van der Waals surface area contributed by atoms with Gasteiger partial charge in [-0.3, -0.25) is 9.59 Å². The summed E-state index contributed by atoms with van der Waals surface area (Å²) >= 11 is 0. The van der Waals surface area contributed by atoms with Crippen molar-refractivity contribution in [2.75, 3.05) is 13.7 Å². The number of rotatable bonds is 7. The van der Waals surface area contributed by atoms with E-state index in [0.717, 1.165) is 12.3 Å². The van der Waals surface area contributed by atoms with Crippen molar-refractivity contribution in [1.82, 2.24) is 5.32 Å². The van der Waals surface area contributed by atoms with Gasteiger partial charge in [-0.25, -0.2) is 4.99 Å². The van der Waals surface area contributed by atoms with Gasteiger partial charge in [0.05, 0.1) is 12.8 Å². The van der Waals surface area contributed by atoms with Gasteiger partial charge < -0.3 is 10.1 Å². The van der Waals surface area contributed by atoms with Crippen LogP contribution in [0.15, 0.2) is 40.6 Å². The smallest absolute Gasteiger partial charge is 0.272 e. The van der Waals surface area contributed by atoms with Crippen molar-refractivity contribution in [1.29, 1.82) is 0 Å². The van der Waals surface area contributed by atoms with Crippen LogP contribution >= 0.6 is 0 Å². The number of hydrogen-bond acceptors (Lipinski definition) is 3. The van der Waals surface area contributed by atoms with Crippen LogP contribution in [-0.2, 0) is 14.3 Å². The molecule has 1 fully saturated rings. The molecule has 1 heterocycles. The van der Waals surface area contributed by atoms with Gasteiger partial charge in [0.2, 0.25) is 5.91 Å². The zero-order chi connectivity index (χ0) is 17.6. The molecule has 3 rings (SSSR count). The number of ether oxygens (including phenoxy) is 1. The van der Waals surface area contributed by atoms with Gasteiger partial charge in [0.25, 0.3) is 5.91 Å². The van der Waals surface area contributed by atoms with Gasteiger partial charge in [-0.05, 0) is 24.8 Å². The Bertz CT molecular complexity index is 652. The number of amides is 2. The maximum atomic E-state index is 12.2. The summed E-state index contributed by atoms with van der Waals surface area (Å²) in [7, 11) is 1.60. The summed E-state index contributed by atoms with van der Waals surface area (Å²) in [6.45, 7) is 0.488. The Labute approximate surface area is 148 Å². The average Bonchev–Trinajstić information content (AvgIpc) is 3.13. The molecule has 1 N–H and O–H groups in total. The van der Waals surface area contributed by atoms with Crippen molar-refractivity contribution in [3.05, 3.63) is 35.6 Å². The van der Waals surface area contributed by atoms with Crippen molar-refractivity contribution >= 4 is 17.5 Å². The standard InChI is InChI=1S/C20H26N2O3/c1-25-17-8-7-15-12-16(20(24)22-18(15)13-17)10-11-21-19(23)9-6-14-4-2-3-5-14/h7-8,12-15H,2-6,9-11H2,1H3,(H,21,23). The molecule has 0 saturated heterocycles. The highest BCUT2D eigenvalue weighted by molar-refractivity contribution is 6.13. The molecule has 1 unspecified atom stereocenters. The first-order valence-electron chi connectivity index (χ1n) is 9.20. The van der Waals surface area contributed by atoms with Crippen LogP contribution in [0.2, 0.25) is 0 Å². The number of allylic oxidation sites excluding steroid dienone is 4.